The highest BCUT2D eigenvalue weighted by atomic mass is 32.2. The molecule has 3 rings (SSSR count). The largest absolute Gasteiger partial charge is 0.507 e. The molecular weight excluding hydrogens is 510 g/mol. The molecule has 0 radical (unpaired) electrons. The normalized spacial score (nSPS) is 10.7. The lowest BCUT2D eigenvalue weighted by Crippen LogP contribution is -2.05. The van der Waals surface area contributed by atoms with Crippen LogP contribution in [-0.2, 0) is 6.42 Å². The number of rotatable bonds is 14. The number of Topliss-reactive ketones (excluding diaryl/α,β-unsaturated/α-hetero) is 1. The van der Waals surface area contributed by atoms with Gasteiger partial charge in [0.05, 0.1) is 34.2 Å². The predicted octanol–water partition coefficient (Wildman–Crippen LogP) is 6.54. The number of aromatic hydroxyl groups is 1. The third-order valence-electron chi connectivity index (χ3n) is 5.62. The van der Waals surface area contributed by atoms with Crippen molar-refractivity contribution in [2.75, 3.05) is 13.2 Å². The van der Waals surface area contributed by atoms with Crippen LogP contribution in [0.4, 0.5) is 5.69 Å². The summed E-state index contributed by atoms with van der Waals surface area (Å²) in [4.78, 5) is 34.7. The van der Waals surface area contributed by atoms with Gasteiger partial charge in [0.2, 0.25) is 0 Å². The highest BCUT2D eigenvalue weighted by molar-refractivity contribution is 7.99. The Bertz CT molecular complexity index is 1320. The SMILES string of the molecule is CCCc1c(OCCCCOc2cccc(Sc3ccc(C(=O)O)cc3[N+](=O)[O-])c2)ccc(C(C)=O)c1O. The van der Waals surface area contributed by atoms with Crippen LogP contribution in [-0.4, -0.2) is 40.1 Å². The van der Waals surface area contributed by atoms with Gasteiger partial charge in [0.25, 0.3) is 5.69 Å². The number of carbonyl (C=O) groups is 2. The third kappa shape index (κ3) is 7.48. The van der Waals surface area contributed by atoms with Crippen LogP contribution in [0.25, 0.3) is 0 Å². The number of ketones is 1. The molecule has 2 N–H and O–H groups in total. The van der Waals surface area contributed by atoms with E-state index < -0.39 is 10.9 Å². The van der Waals surface area contributed by atoms with E-state index in [1.807, 2.05) is 6.92 Å². The molecule has 0 aliphatic rings. The maximum atomic E-state index is 11.7. The van der Waals surface area contributed by atoms with Gasteiger partial charge in [0.1, 0.15) is 17.2 Å². The topological polar surface area (TPSA) is 136 Å². The van der Waals surface area contributed by atoms with E-state index in [-0.39, 0.29) is 22.8 Å². The van der Waals surface area contributed by atoms with Crippen LogP contribution in [0.1, 0.15) is 59.4 Å². The van der Waals surface area contributed by atoms with Crippen LogP contribution in [0.15, 0.2) is 64.4 Å². The van der Waals surface area contributed by atoms with Crippen molar-refractivity contribution in [1.82, 2.24) is 0 Å². The zero-order valence-corrected chi connectivity index (χ0v) is 22.0. The van der Waals surface area contributed by atoms with Crippen molar-refractivity contribution in [3.63, 3.8) is 0 Å². The minimum absolute atomic E-state index is 0.0129. The lowest BCUT2D eigenvalue weighted by molar-refractivity contribution is -0.387. The summed E-state index contributed by atoms with van der Waals surface area (Å²) >= 11 is 1.16. The Hall–Kier alpha value is -4.05. The summed E-state index contributed by atoms with van der Waals surface area (Å²) in [7, 11) is 0. The lowest BCUT2D eigenvalue weighted by Gasteiger charge is -2.14. The van der Waals surface area contributed by atoms with E-state index >= 15 is 0 Å². The van der Waals surface area contributed by atoms with Crippen LogP contribution in [0, 0.1) is 10.1 Å². The van der Waals surface area contributed by atoms with E-state index in [0.29, 0.717) is 64.9 Å². The van der Waals surface area contributed by atoms with Crippen molar-refractivity contribution < 1.29 is 34.2 Å². The molecule has 0 aliphatic carbocycles. The van der Waals surface area contributed by atoms with E-state index in [1.165, 1.54) is 19.1 Å². The van der Waals surface area contributed by atoms with Gasteiger partial charge >= 0.3 is 5.97 Å². The number of carboxylic acid groups (broad SMARTS) is 1. The molecule has 200 valence electrons. The molecule has 0 saturated heterocycles. The number of carboxylic acids is 1. The minimum atomic E-state index is -1.23. The minimum Gasteiger partial charge on any atom is -0.507 e. The quantitative estimate of drug-likeness (QED) is 0.101. The van der Waals surface area contributed by atoms with Crippen molar-refractivity contribution in [2.45, 2.75) is 49.3 Å². The average Bonchev–Trinajstić information content (AvgIpc) is 2.88. The van der Waals surface area contributed by atoms with E-state index in [1.54, 1.807) is 36.4 Å². The van der Waals surface area contributed by atoms with E-state index in [9.17, 15) is 24.8 Å². The Kier molecular flexibility index (Phi) is 10.1. The van der Waals surface area contributed by atoms with Crippen molar-refractivity contribution in [2.24, 2.45) is 0 Å². The number of nitro groups is 1. The molecule has 0 atom stereocenters. The van der Waals surface area contributed by atoms with Gasteiger partial charge in [-0.2, -0.15) is 0 Å². The van der Waals surface area contributed by atoms with Crippen LogP contribution in [0.3, 0.4) is 0 Å². The van der Waals surface area contributed by atoms with Gasteiger partial charge < -0.3 is 19.7 Å². The molecule has 3 aromatic rings. The number of hydrogen-bond acceptors (Lipinski definition) is 8. The maximum absolute atomic E-state index is 11.7. The fourth-order valence-electron chi connectivity index (χ4n) is 3.74. The Morgan fingerprint density at radius 2 is 1.76 bits per heavy atom. The third-order valence-corrected chi connectivity index (χ3v) is 6.67. The summed E-state index contributed by atoms with van der Waals surface area (Å²) in [5.41, 5.74) is 0.520. The Morgan fingerprint density at radius 3 is 2.42 bits per heavy atom. The summed E-state index contributed by atoms with van der Waals surface area (Å²) < 4.78 is 11.7. The van der Waals surface area contributed by atoms with E-state index in [4.69, 9.17) is 14.6 Å². The second kappa shape index (κ2) is 13.5. The number of nitrogens with zero attached hydrogens (tertiary/aromatic N) is 1. The Balaban J connectivity index is 1.53. The smallest absolute Gasteiger partial charge is 0.335 e. The van der Waals surface area contributed by atoms with Gasteiger partial charge in [-0.3, -0.25) is 14.9 Å². The second-order valence-electron chi connectivity index (χ2n) is 8.47. The number of carbonyl (C=O) groups excluding carboxylic acids is 1. The van der Waals surface area contributed by atoms with Crippen LogP contribution < -0.4 is 9.47 Å². The highest BCUT2D eigenvalue weighted by Crippen LogP contribution is 2.37. The zero-order chi connectivity index (χ0) is 27.7. The maximum Gasteiger partial charge on any atom is 0.335 e. The molecule has 9 nitrogen and oxygen atoms in total. The standard InChI is InChI=1S/C28H29NO8S/c1-3-7-23-25(12-11-22(18(2)30)27(23)31)37-15-5-4-14-36-20-8-6-9-21(17-20)38-26-13-10-19(28(32)33)16-24(26)29(34)35/h6,8-13,16-17,31H,3-5,7,14-15H2,1-2H3,(H,32,33). The number of nitro benzene ring substituents is 1. The first-order chi connectivity index (χ1) is 18.2. The fraction of sp³-hybridized carbons (Fsp3) is 0.286. The Labute approximate surface area is 224 Å². The van der Waals surface area contributed by atoms with Gasteiger partial charge in [0, 0.05) is 16.5 Å². The summed E-state index contributed by atoms with van der Waals surface area (Å²) in [5, 5.41) is 31.0. The van der Waals surface area contributed by atoms with Gasteiger partial charge in [0.15, 0.2) is 5.78 Å². The highest BCUT2D eigenvalue weighted by Gasteiger charge is 2.19. The number of benzene rings is 3. The van der Waals surface area contributed by atoms with Gasteiger partial charge in [-0.05, 0) is 68.7 Å². The first kappa shape index (κ1) is 28.5. The molecule has 0 amide bonds. The molecule has 3 aromatic carbocycles. The summed E-state index contributed by atoms with van der Waals surface area (Å²) in [6.07, 6.45) is 2.82. The number of aromatic carboxylic acids is 1. The summed E-state index contributed by atoms with van der Waals surface area (Å²) in [6, 6.07) is 14.3. The van der Waals surface area contributed by atoms with Crippen molar-refractivity contribution in [1.29, 1.82) is 0 Å². The van der Waals surface area contributed by atoms with Gasteiger partial charge in [-0.15, -0.1) is 0 Å². The monoisotopic (exact) mass is 539 g/mol. The zero-order valence-electron chi connectivity index (χ0n) is 21.1. The lowest BCUT2D eigenvalue weighted by atomic mass is 10.0. The van der Waals surface area contributed by atoms with E-state index in [2.05, 4.69) is 0 Å². The van der Waals surface area contributed by atoms with Crippen molar-refractivity contribution >= 4 is 29.2 Å². The van der Waals surface area contributed by atoms with E-state index in [0.717, 1.165) is 24.2 Å². The molecule has 0 aromatic heterocycles. The summed E-state index contributed by atoms with van der Waals surface area (Å²) in [6.45, 7) is 4.26. The molecular formula is C28H29NO8S. The van der Waals surface area contributed by atoms with Crippen LogP contribution in [0.5, 0.6) is 17.2 Å². The molecule has 0 unspecified atom stereocenters. The Morgan fingerprint density at radius 1 is 1.03 bits per heavy atom. The molecule has 0 saturated carbocycles. The average molecular weight is 540 g/mol. The second-order valence-corrected chi connectivity index (χ2v) is 9.59. The molecule has 0 spiro atoms. The number of hydrogen-bond donors (Lipinski definition) is 2. The molecule has 0 fully saturated rings. The molecule has 0 bridgehead atoms. The molecule has 0 aliphatic heterocycles. The van der Waals surface area contributed by atoms with Crippen molar-refractivity contribution in [3.05, 3.63) is 81.4 Å². The van der Waals surface area contributed by atoms with Crippen LogP contribution >= 0.6 is 11.8 Å². The first-order valence-electron chi connectivity index (χ1n) is 12.1. The molecule has 0 heterocycles. The number of ether oxygens (including phenoxy) is 2. The predicted molar refractivity (Wildman–Crippen MR) is 143 cm³/mol. The summed E-state index contributed by atoms with van der Waals surface area (Å²) in [5.74, 6) is -0.251. The molecule has 10 heteroatoms. The van der Waals surface area contributed by atoms with Crippen LogP contribution in [0.2, 0.25) is 0 Å². The number of phenols is 1. The number of unbranched alkanes of at least 4 members (excludes halogenated alkanes) is 1. The molecule has 38 heavy (non-hydrogen) atoms. The van der Waals surface area contributed by atoms with Gasteiger partial charge in [-0.1, -0.05) is 31.2 Å². The van der Waals surface area contributed by atoms with Gasteiger partial charge in [-0.25, -0.2) is 4.79 Å². The first-order valence-corrected chi connectivity index (χ1v) is 12.9. The number of phenolic OH excluding ortho intramolecular Hbond substituents is 1. The fourth-order valence-corrected chi connectivity index (χ4v) is 4.69. The van der Waals surface area contributed by atoms with Crippen molar-refractivity contribution in [3.8, 4) is 17.2 Å².